The lowest BCUT2D eigenvalue weighted by Gasteiger charge is -2.15. The Labute approximate surface area is 126 Å². The van der Waals surface area contributed by atoms with Crippen molar-refractivity contribution >= 4 is 6.03 Å². The van der Waals surface area contributed by atoms with Gasteiger partial charge in [0.05, 0.1) is 12.2 Å². The molecule has 0 aromatic heterocycles. The summed E-state index contributed by atoms with van der Waals surface area (Å²) >= 11 is 0. The smallest absolute Gasteiger partial charge is 0.405 e. The fourth-order valence-corrected chi connectivity index (χ4v) is 1.62. The molecule has 2 amide bonds. The second-order valence-corrected chi connectivity index (χ2v) is 4.93. The number of urea groups is 1. The number of carbonyl (C=O) groups excluding carboxylic acids is 1. The third-order valence-corrected chi connectivity index (χ3v) is 2.52. The normalized spacial score (nSPS) is 12.9. The first-order chi connectivity index (χ1) is 10.2. The quantitative estimate of drug-likeness (QED) is 0.753. The van der Waals surface area contributed by atoms with Gasteiger partial charge in [-0.1, -0.05) is 12.1 Å². The Hall–Kier alpha value is -1.96. The van der Waals surface area contributed by atoms with Gasteiger partial charge in [-0.3, -0.25) is 0 Å². The first kappa shape index (κ1) is 18.1. The number of nitrogens with one attached hydrogen (secondary N) is 2. The van der Waals surface area contributed by atoms with Crippen LogP contribution in [-0.2, 0) is 0 Å². The molecular formula is C14H19F3N2O3. The van der Waals surface area contributed by atoms with E-state index < -0.39 is 24.9 Å². The minimum absolute atomic E-state index is 0.0290. The molecular weight excluding hydrogens is 301 g/mol. The maximum absolute atomic E-state index is 11.9. The van der Waals surface area contributed by atoms with Crippen LogP contribution >= 0.6 is 0 Å². The number of halogens is 3. The molecule has 0 aliphatic heterocycles. The van der Waals surface area contributed by atoms with Gasteiger partial charge in [0, 0.05) is 6.54 Å². The third-order valence-electron chi connectivity index (χ3n) is 2.52. The summed E-state index contributed by atoms with van der Waals surface area (Å²) in [5, 5.41) is 13.8. The molecule has 0 saturated heterocycles. The van der Waals surface area contributed by atoms with Gasteiger partial charge in [0.2, 0.25) is 0 Å². The molecule has 0 fully saturated rings. The number of rotatable bonds is 6. The minimum atomic E-state index is -4.47. The number of alkyl halides is 3. The van der Waals surface area contributed by atoms with Crippen molar-refractivity contribution in [3.8, 4) is 5.75 Å². The van der Waals surface area contributed by atoms with Gasteiger partial charge in [0.25, 0.3) is 0 Å². The van der Waals surface area contributed by atoms with Crippen molar-refractivity contribution in [2.45, 2.75) is 32.2 Å². The zero-order chi connectivity index (χ0) is 16.8. The molecule has 0 bridgehead atoms. The summed E-state index contributed by atoms with van der Waals surface area (Å²) in [5.41, 5.74) is 0.495. The summed E-state index contributed by atoms with van der Waals surface area (Å²) in [5.74, 6) is 0.563. The highest BCUT2D eigenvalue weighted by Gasteiger charge is 2.27. The number of benzene rings is 1. The number of hydrogen-bond acceptors (Lipinski definition) is 3. The van der Waals surface area contributed by atoms with Crippen molar-refractivity contribution < 1.29 is 27.8 Å². The van der Waals surface area contributed by atoms with E-state index in [0.717, 1.165) is 0 Å². The van der Waals surface area contributed by atoms with Gasteiger partial charge in [-0.15, -0.1) is 0 Å². The third kappa shape index (κ3) is 7.16. The van der Waals surface area contributed by atoms with Gasteiger partial charge in [-0.2, -0.15) is 13.2 Å². The van der Waals surface area contributed by atoms with Crippen LogP contribution in [0.25, 0.3) is 0 Å². The van der Waals surface area contributed by atoms with Crippen molar-refractivity contribution in [2.24, 2.45) is 0 Å². The molecule has 0 aliphatic carbocycles. The first-order valence-corrected chi connectivity index (χ1v) is 6.70. The molecule has 0 radical (unpaired) electrons. The van der Waals surface area contributed by atoms with Gasteiger partial charge in [-0.25, -0.2) is 4.79 Å². The molecule has 0 spiro atoms. The molecule has 22 heavy (non-hydrogen) atoms. The highest BCUT2D eigenvalue weighted by atomic mass is 19.4. The summed E-state index contributed by atoms with van der Waals surface area (Å²) in [4.78, 5) is 11.2. The zero-order valence-electron chi connectivity index (χ0n) is 12.3. The molecule has 3 N–H and O–H groups in total. The monoisotopic (exact) mass is 320 g/mol. The predicted molar refractivity (Wildman–Crippen MR) is 74.6 cm³/mol. The summed E-state index contributed by atoms with van der Waals surface area (Å²) in [7, 11) is 0. The lowest BCUT2D eigenvalue weighted by molar-refractivity contribution is -0.122. The molecule has 0 saturated carbocycles. The summed E-state index contributed by atoms with van der Waals surface area (Å²) < 4.78 is 41.2. The Morgan fingerprint density at radius 2 is 2.00 bits per heavy atom. The van der Waals surface area contributed by atoms with E-state index in [9.17, 15) is 23.1 Å². The van der Waals surface area contributed by atoms with Crippen LogP contribution < -0.4 is 15.4 Å². The summed E-state index contributed by atoms with van der Waals surface area (Å²) in [6.07, 6.45) is -5.55. The average molecular weight is 320 g/mol. The van der Waals surface area contributed by atoms with Gasteiger partial charge < -0.3 is 20.5 Å². The van der Waals surface area contributed by atoms with Crippen LogP contribution in [0.2, 0.25) is 0 Å². The van der Waals surface area contributed by atoms with E-state index in [1.54, 1.807) is 29.6 Å². The molecule has 0 aliphatic rings. The van der Waals surface area contributed by atoms with Crippen molar-refractivity contribution in [1.29, 1.82) is 0 Å². The van der Waals surface area contributed by atoms with Crippen molar-refractivity contribution in [3.63, 3.8) is 0 Å². The zero-order valence-corrected chi connectivity index (χ0v) is 12.3. The van der Waals surface area contributed by atoms with Crippen LogP contribution in [0.1, 0.15) is 25.5 Å². The molecule has 1 atom stereocenters. The SMILES string of the molecule is CC(C)Oc1cccc([C@@H](O)CNC(=O)NCC(F)(F)F)c1. The Morgan fingerprint density at radius 3 is 2.59 bits per heavy atom. The maximum Gasteiger partial charge on any atom is 0.405 e. The molecule has 1 aromatic rings. The lowest BCUT2D eigenvalue weighted by atomic mass is 10.1. The van der Waals surface area contributed by atoms with Crippen molar-refractivity contribution in [2.75, 3.05) is 13.1 Å². The fourth-order valence-electron chi connectivity index (χ4n) is 1.62. The fraction of sp³-hybridized carbons (Fsp3) is 0.500. The van der Waals surface area contributed by atoms with Gasteiger partial charge in [0.15, 0.2) is 0 Å². The Kier molecular flexibility index (Phi) is 6.48. The molecule has 0 unspecified atom stereocenters. The Morgan fingerprint density at radius 1 is 1.32 bits per heavy atom. The highest BCUT2D eigenvalue weighted by Crippen LogP contribution is 2.20. The summed E-state index contributed by atoms with van der Waals surface area (Å²) in [6.45, 7) is 2.08. The van der Waals surface area contributed by atoms with Crippen LogP contribution in [0, 0.1) is 0 Å². The van der Waals surface area contributed by atoms with Crippen molar-refractivity contribution in [1.82, 2.24) is 10.6 Å². The summed E-state index contributed by atoms with van der Waals surface area (Å²) in [6, 6.07) is 5.65. The largest absolute Gasteiger partial charge is 0.491 e. The van der Waals surface area contributed by atoms with Crippen LogP contribution in [0.4, 0.5) is 18.0 Å². The van der Waals surface area contributed by atoms with E-state index in [0.29, 0.717) is 11.3 Å². The highest BCUT2D eigenvalue weighted by molar-refractivity contribution is 5.73. The molecule has 8 heteroatoms. The van der Waals surface area contributed by atoms with Gasteiger partial charge in [0.1, 0.15) is 12.3 Å². The van der Waals surface area contributed by atoms with Gasteiger partial charge in [-0.05, 0) is 31.5 Å². The number of amides is 2. The molecule has 1 rings (SSSR count). The van der Waals surface area contributed by atoms with E-state index in [2.05, 4.69) is 5.32 Å². The second kappa shape index (κ2) is 7.88. The van der Waals surface area contributed by atoms with Crippen molar-refractivity contribution in [3.05, 3.63) is 29.8 Å². The lowest BCUT2D eigenvalue weighted by Crippen LogP contribution is -2.42. The van der Waals surface area contributed by atoms with Crippen LogP contribution in [0.3, 0.4) is 0 Å². The molecule has 124 valence electrons. The average Bonchev–Trinajstić information content (AvgIpc) is 2.41. The minimum Gasteiger partial charge on any atom is -0.491 e. The molecule has 1 aromatic carbocycles. The number of aliphatic hydroxyl groups excluding tert-OH is 1. The van der Waals surface area contributed by atoms with Crippen LogP contribution in [0.15, 0.2) is 24.3 Å². The second-order valence-electron chi connectivity index (χ2n) is 4.93. The molecule has 5 nitrogen and oxygen atoms in total. The van der Waals surface area contributed by atoms with E-state index in [1.807, 2.05) is 13.8 Å². The topological polar surface area (TPSA) is 70.6 Å². The number of ether oxygens (including phenoxy) is 1. The van der Waals surface area contributed by atoms with Gasteiger partial charge >= 0.3 is 12.2 Å². The Bertz CT molecular complexity index is 492. The van der Waals surface area contributed by atoms with Crippen LogP contribution in [0.5, 0.6) is 5.75 Å². The van der Waals surface area contributed by atoms with E-state index in [-0.39, 0.29) is 12.6 Å². The standard InChI is InChI=1S/C14H19F3N2O3/c1-9(2)22-11-5-3-4-10(6-11)12(20)7-18-13(21)19-8-14(15,16)17/h3-6,9,12,20H,7-8H2,1-2H3,(H2,18,19,21)/t12-/m0/s1. The van der Waals surface area contributed by atoms with E-state index >= 15 is 0 Å². The maximum atomic E-state index is 11.9. The van der Waals surface area contributed by atoms with Crippen LogP contribution in [-0.4, -0.2) is 36.5 Å². The Balaban J connectivity index is 2.48. The predicted octanol–water partition coefficient (Wildman–Crippen LogP) is 2.37. The number of hydrogen-bond donors (Lipinski definition) is 3. The first-order valence-electron chi connectivity index (χ1n) is 6.70. The number of aliphatic hydroxyl groups is 1. The number of carbonyl (C=O) groups is 1. The molecule has 0 heterocycles. The van der Waals surface area contributed by atoms with E-state index in [1.165, 1.54) is 0 Å². The van der Waals surface area contributed by atoms with E-state index in [4.69, 9.17) is 4.74 Å².